The zero-order valence-electron chi connectivity index (χ0n) is 19.5. The van der Waals surface area contributed by atoms with Gasteiger partial charge in [0.15, 0.2) is 51.8 Å². The number of aromatic nitrogens is 4. The van der Waals surface area contributed by atoms with E-state index in [-0.39, 0.29) is 51.9 Å². The maximum absolute atomic E-state index is 11.7. The quantitative estimate of drug-likeness (QED) is 0.244. The van der Waals surface area contributed by atoms with Crippen LogP contribution in [-0.2, 0) is 0 Å². The Kier molecular flexibility index (Phi) is 10.1. The smallest absolute Gasteiger partial charge is 0.358 e. The fourth-order valence-corrected chi connectivity index (χ4v) is 2.50. The number of anilines is 4. The molecule has 0 fully saturated rings. The van der Waals surface area contributed by atoms with Crippen LogP contribution in [0.15, 0.2) is 0 Å². The first-order chi connectivity index (χ1) is 16.1. The van der Waals surface area contributed by atoms with Crippen molar-refractivity contribution in [2.75, 3.05) is 56.5 Å². The number of Topliss-reactive ketones (excluding diaryl/α,β-unsaturated/α-hetero) is 1. The molecule has 2 aromatic heterocycles. The van der Waals surface area contributed by atoms with Crippen molar-refractivity contribution in [3.8, 4) is 0 Å². The maximum Gasteiger partial charge on any atom is 0.358 e. The minimum Gasteiger partial charge on any atom is -0.476 e. The van der Waals surface area contributed by atoms with Gasteiger partial charge in [-0.05, 0) is 0 Å². The van der Waals surface area contributed by atoms with Gasteiger partial charge in [-0.25, -0.2) is 29.5 Å². The second-order valence-corrected chi connectivity index (χ2v) is 6.20. The Morgan fingerprint density at radius 3 is 1.26 bits per heavy atom. The van der Waals surface area contributed by atoms with Gasteiger partial charge in [-0.3, -0.25) is 9.59 Å². The predicted octanol–water partition coefficient (Wildman–Crippen LogP) is 0.469. The van der Waals surface area contributed by atoms with Crippen molar-refractivity contribution in [2.24, 2.45) is 0 Å². The van der Waals surface area contributed by atoms with Gasteiger partial charge in [0.2, 0.25) is 0 Å². The Morgan fingerprint density at radius 2 is 0.941 bits per heavy atom. The van der Waals surface area contributed by atoms with E-state index in [4.69, 9.17) is 10.2 Å². The number of ketones is 1. The minimum absolute atomic E-state index is 0.0936. The van der Waals surface area contributed by atoms with Crippen molar-refractivity contribution in [3.05, 3.63) is 22.8 Å². The van der Waals surface area contributed by atoms with Crippen molar-refractivity contribution in [1.82, 2.24) is 25.3 Å². The SMILES string of the molecule is CCC(=O)c1nc(NC)c(C(=O)NC)nc1NC.CNc1nc(C(=O)O)c(NC)nc1C(=O)O. The molecule has 7 N–H and O–H groups in total. The third-order valence-corrected chi connectivity index (χ3v) is 4.17. The topological polar surface area (TPSA) is 220 Å². The van der Waals surface area contributed by atoms with E-state index in [2.05, 4.69) is 46.5 Å². The number of hydrogen-bond acceptors (Lipinski definition) is 12. The Hall–Kier alpha value is -4.56. The lowest BCUT2D eigenvalue weighted by atomic mass is 10.2. The molecule has 0 aliphatic carbocycles. The predicted molar refractivity (Wildman–Crippen MR) is 124 cm³/mol. The molecule has 0 saturated carbocycles. The number of nitrogens with zero attached hydrogens (tertiary/aromatic N) is 4. The summed E-state index contributed by atoms with van der Waals surface area (Å²) < 4.78 is 0. The molecule has 15 nitrogen and oxygen atoms in total. The van der Waals surface area contributed by atoms with Crippen LogP contribution in [0.5, 0.6) is 0 Å². The summed E-state index contributed by atoms with van der Waals surface area (Å²) in [6.07, 6.45) is 0.325. The molecule has 15 heteroatoms. The van der Waals surface area contributed by atoms with Gasteiger partial charge in [-0.1, -0.05) is 6.92 Å². The summed E-state index contributed by atoms with van der Waals surface area (Å²) in [5, 5.41) is 30.6. The van der Waals surface area contributed by atoms with E-state index < -0.39 is 11.9 Å². The van der Waals surface area contributed by atoms with E-state index in [1.807, 2.05) is 0 Å². The molecular formula is C19H27N9O6. The molecule has 0 unspecified atom stereocenters. The Bertz CT molecular complexity index is 1000. The number of carboxylic acids is 2. The first-order valence-electron chi connectivity index (χ1n) is 9.86. The normalized spacial score (nSPS) is 9.71. The van der Waals surface area contributed by atoms with Gasteiger partial charge in [0.1, 0.15) is 0 Å². The van der Waals surface area contributed by atoms with Crippen LogP contribution in [0.1, 0.15) is 55.3 Å². The average molecular weight is 477 g/mol. The molecule has 2 rings (SSSR count). The van der Waals surface area contributed by atoms with Gasteiger partial charge < -0.3 is 36.8 Å². The number of hydrogen-bond donors (Lipinski definition) is 7. The molecule has 0 bridgehead atoms. The molecule has 0 aromatic carbocycles. The van der Waals surface area contributed by atoms with Crippen LogP contribution in [0, 0.1) is 0 Å². The Balaban J connectivity index is 0.000000342. The number of rotatable bonds is 9. The molecular weight excluding hydrogens is 450 g/mol. The van der Waals surface area contributed by atoms with E-state index in [1.165, 1.54) is 21.1 Å². The van der Waals surface area contributed by atoms with Crippen molar-refractivity contribution >= 4 is 46.9 Å². The van der Waals surface area contributed by atoms with Crippen LogP contribution in [0.3, 0.4) is 0 Å². The van der Waals surface area contributed by atoms with Gasteiger partial charge in [0, 0.05) is 41.7 Å². The van der Waals surface area contributed by atoms with Crippen molar-refractivity contribution in [3.63, 3.8) is 0 Å². The van der Waals surface area contributed by atoms with Gasteiger partial charge in [0.05, 0.1) is 0 Å². The molecule has 0 aliphatic heterocycles. The summed E-state index contributed by atoms with van der Waals surface area (Å²) in [7, 11) is 7.62. The van der Waals surface area contributed by atoms with Gasteiger partial charge in [0.25, 0.3) is 5.91 Å². The summed E-state index contributed by atoms with van der Waals surface area (Å²) >= 11 is 0. The zero-order valence-corrected chi connectivity index (χ0v) is 19.5. The van der Waals surface area contributed by atoms with Gasteiger partial charge in [-0.15, -0.1) is 0 Å². The summed E-state index contributed by atoms with van der Waals surface area (Å²) in [5.41, 5.74) is -0.289. The first kappa shape index (κ1) is 27.5. The fourth-order valence-electron chi connectivity index (χ4n) is 2.50. The molecule has 1 amide bonds. The second-order valence-electron chi connectivity index (χ2n) is 6.20. The lowest BCUT2D eigenvalue weighted by Gasteiger charge is -2.11. The number of carbonyl (C=O) groups is 4. The molecule has 184 valence electrons. The fraction of sp³-hybridized carbons (Fsp3) is 0.368. The Labute approximate surface area is 194 Å². The average Bonchev–Trinajstić information content (AvgIpc) is 2.85. The third kappa shape index (κ3) is 6.24. The van der Waals surface area contributed by atoms with E-state index in [1.54, 1.807) is 21.0 Å². The van der Waals surface area contributed by atoms with E-state index in [0.29, 0.717) is 12.2 Å². The number of aromatic carboxylic acids is 2. The highest BCUT2D eigenvalue weighted by atomic mass is 16.4. The molecule has 0 atom stereocenters. The lowest BCUT2D eigenvalue weighted by Crippen LogP contribution is -2.23. The van der Waals surface area contributed by atoms with Crippen LogP contribution in [0.4, 0.5) is 23.3 Å². The van der Waals surface area contributed by atoms with Crippen molar-refractivity contribution in [2.45, 2.75) is 13.3 Å². The molecule has 2 heterocycles. The summed E-state index contributed by atoms with van der Waals surface area (Å²) in [5.74, 6) is -2.67. The summed E-state index contributed by atoms with van der Waals surface area (Å²) in [6.45, 7) is 1.75. The molecule has 0 spiro atoms. The van der Waals surface area contributed by atoms with E-state index in [9.17, 15) is 19.2 Å². The highest BCUT2D eigenvalue weighted by molar-refractivity contribution is 6.02. The maximum atomic E-state index is 11.7. The molecule has 2 aromatic rings. The number of carboxylic acid groups (broad SMARTS) is 2. The Morgan fingerprint density at radius 1 is 0.618 bits per heavy atom. The van der Waals surface area contributed by atoms with Crippen LogP contribution in [0.25, 0.3) is 0 Å². The largest absolute Gasteiger partial charge is 0.476 e. The highest BCUT2D eigenvalue weighted by Crippen LogP contribution is 2.19. The number of nitrogens with one attached hydrogen (secondary N) is 5. The van der Waals surface area contributed by atoms with Crippen LogP contribution in [0.2, 0.25) is 0 Å². The molecule has 0 radical (unpaired) electrons. The van der Waals surface area contributed by atoms with Crippen LogP contribution in [-0.4, -0.2) is 89.0 Å². The molecule has 34 heavy (non-hydrogen) atoms. The standard InChI is InChI=1S/C11H17N5O2.C8H10N4O4/c1-5-6(17)7-9(12-2)16-8(11(18)14-4)10(13-3)15-7;1-9-5-3(7(13)14)12-6(10-2)4(11-5)8(15)16/h5H2,1-4H3,(H,12,16)(H,13,15)(H,14,18);1-2H3,(H,9,11)(H,10,12)(H,13,14)(H,15,16). The minimum atomic E-state index is -1.29. The van der Waals surface area contributed by atoms with Gasteiger partial charge in [-0.2, -0.15) is 0 Å². The number of amides is 1. The van der Waals surface area contributed by atoms with Crippen molar-refractivity contribution in [1.29, 1.82) is 0 Å². The van der Waals surface area contributed by atoms with Crippen molar-refractivity contribution < 1.29 is 29.4 Å². The summed E-state index contributed by atoms with van der Waals surface area (Å²) in [4.78, 5) is 60.6. The van der Waals surface area contributed by atoms with Gasteiger partial charge >= 0.3 is 11.9 Å². The first-order valence-corrected chi connectivity index (χ1v) is 9.86. The number of carbonyl (C=O) groups excluding carboxylic acids is 2. The second kappa shape index (κ2) is 12.5. The summed E-state index contributed by atoms with van der Waals surface area (Å²) in [6, 6.07) is 0. The van der Waals surface area contributed by atoms with Crippen LogP contribution >= 0.6 is 0 Å². The molecule has 0 saturated heterocycles. The lowest BCUT2D eigenvalue weighted by molar-refractivity contribution is 0.0673. The monoisotopic (exact) mass is 477 g/mol. The van der Waals surface area contributed by atoms with Crippen LogP contribution < -0.4 is 26.6 Å². The highest BCUT2D eigenvalue weighted by Gasteiger charge is 2.21. The zero-order chi connectivity index (χ0) is 26.0. The molecule has 0 aliphatic rings. The van der Waals surface area contributed by atoms with E-state index in [0.717, 1.165) is 0 Å². The van der Waals surface area contributed by atoms with E-state index >= 15 is 0 Å². The third-order valence-electron chi connectivity index (χ3n) is 4.17.